The molecule has 2 heteroatoms. The molecule has 1 fully saturated rings. The molecule has 0 atom stereocenters. The average molecular weight is 224 g/mol. The summed E-state index contributed by atoms with van der Waals surface area (Å²) in [5, 5.41) is 0. The number of hydrogen-bond donors (Lipinski definition) is 0. The van der Waals surface area contributed by atoms with Gasteiger partial charge in [0.05, 0.1) is 0 Å². The maximum absolute atomic E-state index is 11.4. The standard InChI is InChI=1S/C14H24O2/c1-14(2,3)16-13(15)11-7-10-12-8-5-4-6-9-12/h7,11-12H,4-6,8-10H2,1-3H3. The Bertz CT molecular complexity index is 242. The van der Waals surface area contributed by atoms with E-state index in [0.717, 1.165) is 12.3 Å². The van der Waals surface area contributed by atoms with E-state index in [1.165, 1.54) is 32.1 Å². The topological polar surface area (TPSA) is 26.3 Å². The summed E-state index contributed by atoms with van der Waals surface area (Å²) in [6.45, 7) is 5.67. The van der Waals surface area contributed by atoms with Crippen molar-refractivity contribution in [2.45, 2.75) is 64.9 Å². The molecule has 0 aromatic heterocycles. The zero-order valence-electron chi connectivity index (χ0n) is 10.8. The molecule has 0 bridgehead atoms. The van der Waals surface area contributed by atoms with Crippen molar-refractivity contribution in [2.75, 3.05) is 0 Å². The van der Waals surface area contributed by atoms with E-state index in [4.69, 9.17) is 4.74 Å². The van der Waals surface area contributed by atoms with Gasteiger partial charge in [0, 0.05) is 6.08 Å². The van der Waals surface area contributed by atoms with Crippen molar-refractivity contribution in [1.82, 2.24) is 0 Å². The summed E-state index contributed by atoms with van der Waals surface area (Å²) in [7, 11) is 0. The molecule has 0 heterocycles. The molecule has 0 amide bonds. The van der Waals surface area contributed by atoms with Gasteiger partial charge < -0.3 is 4.74 Å². The van der Waals surface area contributed by atoms with Gasteiger partial charge in [-0.2, -0.15) is 0 Å². The van der Waals surface area contributed by atoms with Gasteiger partial charge in [-0.25, -0.2) is 4.79 Å². The van der Waals surface area contributed by atoms with E-state index in [9.17, 15) is 4.79 Å². The molecular formula is C14H24O2. The van der Waals surface area contributed by atoms with E-state index >= 15 is 0 Å². The first kappa shape index (κ1) is 13.3. The first-order valence-electron chi connectivity index (χ1n) is 6.37. The van der Waals surface area contributed by atoms with E-state index in [1.54, 1.807) is 6.08 Å². The van der Waals surface area contributed by atoms with Crippen LogP contribution in [0.15, 0.2) is 12.2 Å². The van der Waals surface area contributed by atoms with Crippen molar-refractivity contribution in [3.8, 4) is 0 Å². The number of carbonyl (C=O) groups is 1. The molecule has 92 valence electrons. The number of allylic oxidation sites excluding steroid dienone is 1. The quantitative estimate of drug-likeness (QED) is 0.537. The van der Waals surface area contributed by atoms with E-state index in [2.05, 4.69) is 0 Å². The number of carbonyl (C=O) groups excluding carboxylic acids is 1. The third-order valence-corrected chi connectivity index (χ3v) is 2.85. The summed E-state index contributed by atoms with van der Waals surface area (Å²) < 4.78 is 5.20. The van der Waals surface area contributed by atoms with Gasteiger partial charge in [-0.1, -0.05) is 38.2 Å². The van der Waals surface area contributed by atoms with Crippen LogP contribution in [0.5, 0.6) is 0 Å². The molecule has 2 nitrogen and oxygen atoms in total. The van der Waals surface area contributed by atoms with Gasteiger partial charge in [0.1, 0.15) is 5.60 Å². The van der Waals surface area contributed by atoms with Gasteiger partial charge in [0.2, 0.25) is 0 Å². The summed E-state index contributed by atoms with van der Waals surface area (Å²) in [5.41, 5.74) is -0.383. The predicted octanol–water partition coefficient (Wildman–Crippen LogP) is 3.85. The minimum Gasteiger partial charge on any atom is -0.457 e. The molecule has 0 saturated heterocycles. The zero-order chi connectivity index (χ0) is 12.0. The van der Waals surface area contributed by atoms with Gasteiger partial charge in [-0.3, -0.25) is 0 Å². The fraction of sp³-hybridized carbons (Fsp3) is 0.786. The molecule has 0 aliphatic heterocycles. The lowest BCUT2D eigenvalue weighted by Gasteiger charge is -2.20. The Morgan fingerprint density at radius 2 is 1.88 bits per heavy atom. The summed E-state index contributed by atoms with van der Waals surface area (Å²) in [6.07, 6.45) is 11.3. The van der Waals surface area contributed by atoms with Crippen molar-refractivity contribution < 1.29 is 9.53 Å². The second-order valence-corrected chi connectivity index (χ2v) is 5.68. The van der Waals surface area contributed by atoms with Crippen LogP contribution >= 0.6 is 0 Å². The van der Waals surface area contributed by atoms with Crippen LogP contribution in [0.3, 0.4) is 0 Å². The van der Waals surface area contributed by atoms with Gasteiger partial charge in [0.25, 0.3) is 0 Å². The van der Waals surface area contributed by atoms with Crippen LogP contribution in [-0.2, 0) is 9.53 Å². The average Bonchev–Trinajstić information content (AvgIpc) is 2.16. The normalized spacial score (nSPS) is 18.9. The van der Waals surface area contributed by atoms with Gasteiger partial charge >= 0.3 is 5.97 Å². The van der Waals surface area contributed by atoms with Gasteiger partial charge in [-0.05, 0) is 33.1 Å². The molecule has 1 saturated carbocycles. The summed E-state index contributed by atoms with van der Waals surface area (Å²) >= 11 is 0. The van der Waals surface area contributed by atoms with Gasteiger partial charge in [-0.15, -0.1) is 0 Å². The fourth-order valence-electron chi connectivity index (χ4n) is 2.12. The smallest absolute Gasteiger partial charge is 0.330 e. The zero-order valence-corrected chi connectivity index (χ0v) is 10.8. The molecular weight excluding hydrogens is 200 g/mol. The first-order valence-corrected chi connectivity index (χ1v) is 6.37. The van der Waals surface area contributed by atoms with E-state index in [-0.39, 0.29) is 11.6 Å². The van der Waals surface area contributed by atoms with Crippen molar-refractivity contribution in [2.24, 2.45) is 5.92 Å². The van der Waals surface area contributed by atoms with Crippen LogP contribution in [-0.4, -0.2) is 11.6 Å². The van der Waals surface area contributed by atoms with E-state index in [0.29, 0.717) is 0 Å². The maximum Gasteiger partial charge on any atom is 0.330 e. The van der Waals surface area contributed by atoms with Crippen molar-refractivity contribution in [3.05, 3.63) is 12.2 Å². The molecule has 1 aliphatic carbocycles. The first-order chi connectivity index (χ1) is 7.47. The number of hydrogen-bond acceptors (Lipinski definition) is 2. The van der Waals surface area contributed by atoms with Crippen LogP contribution in [0.2, 0.25) is 0 Å². The lowest BCUT2D eigenvalue weighted by molar-refractivity contribution is -0.148. The van der Waals surface area contributed by atoms with Crippen LogP contribution in [0.1, 0.15) is 59.3 Å². The molecule has 0 aromatic carbocycles. The van der Waals surface area contributed by atoms with Crippen LogP contribution < -0.4 is 0 Å². The summed E-state index contributed by atoms with van der Waals surface area (Å²) in [5.74, 6) is 0.566. The Balaban J connectivity index is 2.22. The maximum atomic E-state index is 11.4. The minimum atomic E-state index is -0.383. The minimum absolute atomic E-state index is 0.219. The SMILES string of the molecule is CC(C)(C)OC(=O)C=CCC1CCCCC1. The van der Waals surface area contributed by atoms with Crippen molar-refractivity contribution >= 4 is 5.97 Å². The Labute approximate surface area is 99.1 Å². The van der Waals surface area contributed by atoms with Gasteiger partial charge in [0.15, 0.2) is 0 Å². The summed E-state index contributed by atoms with van der Waals surface area (Å²) in [6, 6.07) is 0. The fourth-order valence-corrected chi connectivity index (χ4v) is 2.12. The lowest BCUT2D eigenvalue weighted by atomic mass is 9.87. The highest BCUT2D eigenvalue weighted by Gasteiger charge is 2.14. The largest absolute Gasteiger partial charge is 0.457 e. The van der Waals surface area contributed by atoms with E-state index in [1.807, 2.05) is 26.8 Å². The highest BCUT2D eigenvalue weighted by Crippen LogP contribution is 2.26. The highest BCUT2D eigenvalue weighted by atomic mass is 16.6. The third kappa shape index (κ3) is 5.94. The highest BCUT2D eigenvalue weighted by molar-refractivity contribution is 5.82. The van der Waals surface area contributed by atoms with Crippen LogP contribution in [0, 0.1) is 5.92 Å². The molecule has 16 heavy (non-hydrogen) atoms. The van der Waals surface area contributed by atoms with Crippen molar-refractivity contribution in [1.29, 1.82) is 0 Å². The lowest BCUT2D eigenvalue weighted by Crippen LogP contribution is -2.22. The second kappa shape index (κ2) is 6.07. The predicted molar refractivity (Wildman–Crippen MR) is 66.2 cm³/mol. The Hall–Kier alpha value is -0.790. The van der Waals surface area contributed by atoms with E-state index < -0.39 is 0 Å². The van der Waals surface area contributed by atoms with Crippen LogP contribution in [0.4, 0.5) is 0 Å². The molecule has 1 rings (SSSR count). The number of esters is 1. The Morgan fingerprint density at radius 3 is 2.44 bits per heavy atom. The molecule has 0 spiro atoms. The Kier molecular flexibility index (Phi) is 5.04. The molecule has 0 unspecified atom stereocenters. The molecule has 0 aromatic rings. The Morgan fingerprint density at radius 1 is 1.25 bits per heavy atom. The number of ether oxygens (including phenoxy) is 1. The monoisotopic (exact) mass is 224 g/mol. The number of rotatable bonds is 3. The molecule has 0 N–H and O–H groups in total. The third-order valence-electron chi connectivity index (χ3n) is 2.85. The van der Waals surface area contributed by atoms with Crippen molar-refractivity contribution in [3.63, 3.8) is 0 Å². The van der Waals surface area contributed by atoms with Crippen LogP contribution in [0.25, 0.3) is 0 Å². The molecule has 0 radical (unpaired) electrons. The molecule has 1 aliphatic rings. The second-order valence-electron chi connectivity index (χ2n) is 5.68. The summed E-state index contributed by atoms with van der Waals surface area (Å²) in [4.78, 5) is 11.4.